The van der Waals surface area contributed by atoms with E-state index < -0.39 is 57.7 Å². The second-order valence-electron chi connectivity index (χ2n) is 6.98. The fourth-order valence-electron chi connectivity index (χ4n) is 4.39. The summed E-state index contributed by atoms with van der Waals surface area (Å²) < 4.78 is 45.3. The molecule has 4 atom stereocenters. The number of anilines is 1. The Balaban J connectivity index is 0.00000210. The van der Waals surface area contributed by atoms with Crippen molar-refractivity contribution in [1.29, 1.82) is 0 Å². The second kappa shape index (κ2) is 5.75. The molecule has 1 aromatic rings. The fraction of sp³-hybridized carbons (Fsp3) is 0.529. The van der Waals surface area contributed by atoms with Crippen molar-refractivity contribution in [2.24, 2.45) is 11.8 Å². The summed E-state index contributed by atoms with van der Waals surface area (Å²) in [5.74, 6) is -2.69. The standard InChI is InChI=1S/C16H13F3N2O5.CH4/c1-15-5-4-10(26-15)11-12(15)14(23)20(13(11)22)7-2-3-9(21(24)25)8(6-7)16(17,18)19;/h2-3,6,10-12H,4-5H2,1H3;1H4/t10?,11-,12?,15?;/m1./s1. The Morgan fingerprint density at radius 3 is 2.52 bits per heavy atom. The number of alkyl halides is 3. The Labute approximate surface area is 152 Å². The molecule has 3 saturated heterocycles. The molecular weight excluding hydrogens is 369 g/mol. The Morgan fingerprint density at radius 1 is 1.30 bits per heavy atom. The molecule has 3 aliphatic rings. The van der Waals surface area contributed by atoms with Gasteiger partial charge in [-0.3, -0.25) is 19.7 Å². The number of ether oxygens (including phenoxy) is 1. The average Bonchev–Trinajstić information content (AvgIpc) is 3.15. The van der Waals surface area contributed by atoms with Gasteiger partial charge in [-0.05, 0) is 31.9 Å². The highest BCUT2D eigenvalue weighted by Crippen LogP contribution is 2.55. The normalized spacial score (nSPS) is 31.9. The van der Waals surface area contributed by atoms with E-state index in [-0.39, 0.29) is 13.1 Å². The van der Waals surface area contributed by atoms with Crippen LogP contribution in [0.3, 0.4) is 0 Å². The lowest BCUT2D eigenvalue weighted by molar-refractivity contribution is -0.388. The summed E-state index contributed by atoms with van der Waals surface area (Å²) in [6.07, 6.45) is -4.21. The highest BCUT2D eigenvalue weighted by molar-refractivity contribution is 6.23. The van der Waals surface area contributed by atoms with Gasteiger partial charge in [0.25, 0.3) is 5.69 Å². The first kappa shape index (κ1) is 19.3. The zero-order chi connectivity index (χ0) is 19.0. The maximum Gasteiger partial charge on any atom is 0.423 e. The number of carbonyl (C=O) groups is 2. The summed E-state index contributed by atoms with van der Waals surface area (Å²) in [7, 11) is 0. The van der Waals surface area contributed by atoms with Crippen LogP contribution in [0.2, 0.25) is 0 Å². The second-order valence-corrected chi connectivity index (χ2v) is 6.98. The minimum Gasteiger partial charge on any atom is -0.370 e. The van der Waals surface area contributed by atoms with E-state index in [4.69, 9.17) is 4.74 Å². The number of fused-ring (bicyclic) bond motifs is 5. The van der Waals surface area contributed by atoms with E-state index in [1.54, 1.807) is 6.92 Å². The van der Waals surface area contributed by atoms with E-state index in [0.717, 1.165) is 6.07 Å². The van der Waals surface area contributed by atoms with Crippen LogP contribution in [0.5, 0.6) is 0 Å². The molecule has 0 N–H and O–H groups in total. The predicted molar refractivity (Wildman–Crippen MR) is 86.8 cm³/mol. The van der Waals surface area contributed by atoms with Gasteiger partial charge in [0.05, 0.1) is 34.2 Å². The third-order valence-corrected chi connectivity index (χ3v) is 5.50. The van der Waals surface area contributed by atoms with Gasteiger partial charge in [-0.2, -0.15) is 13.2 Å². The molecule has 3 aliphatic heterocycles. The van der Waals surface area contributed by atoms with Crippen LogP contribution in [-0.2, 0) is 20.5 Å². The number of hydrogen-bond donors (Lipinski definition) is 0. The molecule has 3 fully saturated rings. The van der Waals surface area contributed by atoms with E-state index in [0.29, 0.717) is 29.9 Å². The van der Waals surface area contributed by atoms with E-state index in [9.17, 15) is 32.9 Å². The number of amides is 2. The summed E-state index contributed by atoms with van der Waals surface area (Å²) in [5.41, 5.74) is -3.74. The van der Waals surface area contributed by atoms with Gasteiger partial charge < -0.3 is 4.74 Å². The van der Waals surface area contributed by atoms with Gasteiger partial charge in [0.2, 0.25) is 11.8 Å². The van der Waals surface area contributed by atoms with Crippen LogP contribution < -0.4 is 4.90 Å². The lowest BCUT2D eigenvalue weighted by Crippen LogP contribution is -2.39. The lowest BCUT2D eigenvalue weighted by Gasteiger charge is -2.26. The first-order valence-corrected chi connectivity index (χ1v) is 7.96. The molecule has 7 nitrogen and oxygen atoms in total. The molecule has 0 aromatic heterocycles. The van der Waals surface area contributed by atoms with Crippen molar-refractivity contribution in [2.75, 3.05) is 4.90 Å². The van der Waals surface area contributed by atoms with Gasteiger partial charge in [-0.25, -0.2) is 4.90 Å². The van der Waals surface area contributed by atoms with Crippen LogP contribution in [0.25, 0.3) is 0 Å². The molecule has 0 saturated carbocycles. The van der Waals surface area contributed by atoms with E-state index in [1.165, 1.54) is 0 Å². The topological polar surface area (TPSA) is 89.8 Å². The number of nitro benzene ring substituents is 1. The van der Waals surface area contributed by atoms with Crippen LogP contribution in [0, 0.1) is 22.0 Å². The molecule has 146 valence electrons. The van der Waals surface area contributed by atoms with Crippen LogP contribution >= 0.6 is 0 Å². The number of hydrogen-bond acceptors (Lipinski definition) is 5. The van der Waals surface area contributed by atoms with Gasteiger partial charge in [0.1, 0.15) is 5.56 Å². The maximum absolute atomic E-state index is 13.2. The van der Waals surface area contributed by atoms with Crippen molar-refractivity contribution in [3.8, 4) is 0 Å². The largest absolute Gasteiger partial charge is 0.423 e. The molecule has 3 heterocycles. The monoisotopic (exact) mass is 386 g/mol. The molecular formula is C17H17F3N2O5. The number of benzene rings is 1. The van der Waals surface area contributed by atoms with Crippen molar-refractivity contribution in [3.63, 3.8) is 0 Å². The van der Waals surface area contributed by atoms with Crippen molar-refractivity contribution >= 4 is 23.2 Å². The molecule has 4 rings (SSSR count). The quantitative estimate of drug-likeness (QED) is 0.442. The molecule has 3 unspecified atom stereocenters. The van der Waals surface area contributed by atoms with E-state index in [2.05, 4.69) is 0 Å². The van der Waals surface area contributed by atoms with Crippen LogP contribution in [0.15, 0.2) is 18.2 Å². The Bertz CT molecular complexity index is 855. The lowest BCUT2D eigenvalue weighted by atomic mass is 9.74. The minimum atomic E-state index is -4.99. The number of nitro groups is 1. The summed E-state index contributed by atoms with van der Waals surface area (Å²) in [4.78, 5) is 35.9. The summed E-state index contributed by atoms with van der Waals surface area (Å²) in [5, 5.41) is 10.9. The highest BCUT2D eigenvalue weighted by Gasteiger charge is 2.67. The zero-order valence-electron chi connectivity index (χ0n) is 13.4. The van der Waals surface area contributed by atoms with Gasteiger partial charge in [0, 0.05) is 6.07 Å². The van der Waals surface area contributed by atoms with Crippen LogP contribution in [0.4, 0.5) is 24.5 Å². The molecule has 0 spiro atoms. The van der Waals surface area contributed by atoms with Crippen molar-refractivity contribution < 1.29 is 32.4 Å². The fourth-order valence-corrected chi connectivity index (χ4v) is 4.39. The molecule has 0 radical (unpaired) electrons. The third-order valence-electron chi connectivity index (χ3n) is 5.50. The maximum atomic E-state index is 13.2. The minimum absolute atomic E-state index is 0. The van der Waals surface area contributed by atoms with Gasteiger partial charge in [-0.1, -0.05) is 7.43 Å². The molecule has 10 heteroatoms. The van der Waals surface area contributed by atoms with Crippen molar-refractivity contribution in [1.82, 2.24) is 0 Å². The first-order chi connectivity index (χ1) is 12.0. The highest BCUT2D eigenvalue weighted by atomic mass is 19.4. The summed E-state index contributed by atoms with van der Waals surface area (Å²) in [6, 6.07) is 2.15. The average molecular weight is 386 g/mol. The first-order valence-electron chi connectivity index (χ1n) is 7.96. The third kappa shape index (κ3) is 2.53. The molecule has 2 bridgehead atoms. The van der Waals surface area contributed by atoms with Crippen LogP contribution in [0.1, 0.15) is 32.8 Å². The molecule has 1 aromatic carbocycles. The summed E-state index contributed by atoms with van der Waals surface area (Å²) in [6.45, 7) is 1.73. The van der Waals surface area contributed by atoms with E-state index in [1.807, 2.05) is 0 Å². The molecule has 2 amide bonds. The Kier molecular flexibility index (Phi) is 4.11. The van der Waals surface area contributed by atoms with Gasteiger partial charge >= 0.3 is 6.18 Å². The number of imide groups is 1. The predicted octanol–water partition coefficient (Wildman–Crippen LogP) is 3.31. The smallest absolute Gasteiger partial charge is 0.370 e. The number of nitrogens with zero attached hydrogens (tertiary/aromatic N) is 2. The molecule has 27 heavy (non-hydrogen) atoms. The number of halogens is 3. The number of carbonyl (C=O) groups excluding carboxylic acids is 2. The Hall–Kier alpha value is -2.49. The SMILES string of the molecule is C.CC12CCC(O1)[C@H]1C(=O)N(c3ccc([N+](=O)[O-])c(C(F)(F)F)c3)C(=O)C12. The van der Waals surface area contributed by atoms with Crippen LogP contribution in [-0.4, -0.2) is 28.4 Å². The van der Waals surface area contributed by atoms with Crippen molar-refractivity contribution in [3.05, 3.63) is 33.9 Å². The zero-order valence-corrected chi connectivity index (χ0v) is 13.4. The van der Waals surface area contributed by atoms with Gasteiger partial charge in [-0.15, -0.1) is 0 Å². The Morgan fingerprint density at radius 2 is 1.96 bits per heavy atom. The molecule has 0 aliphatic carbocycles. The van der Waals surface area contributed by atoms with E-state index >= 15 is 0 Å². The van der Waals surface area contributed by atoms with Gasteiger partial charge in [0.15, 0.2) is 0 Å². The summed E-state index contributed by atoms with van der Waals surface area (Å²) >= 11 is 0. The van der Waals surface area contributed by atoms with Crippen molar-refractivity contribution in [2.45, 2.75) is 45.1 Å². The number of rotatable bonds is 2.